The van der Waals surface area contributed by atoms with Crippen molar-refractivity contribution in [3.63, 3.8) is 0 Å². The molecule has 0 saturated heterocycles. The van der Waals surface area contributed by atoms with Crippen LogP contribution in [0.5, 0.6) is 0 Å². The number of ether oxygens (including phenoxy) is 1. The Labute approximate surface area is 107 Å². The molecule has 0 fully saturated rings. The molecule has 0 saturated carbocycles. The number of primary sulfonamides is 1. The predicted molar refractivity (Wildman–Crippen MR) is 66.2 cm³/mol. The van der Waals surface area contributed by atoms with E-state index in [9.17, 15) is 13.2 Å². The maximum Gasteiger partial charge on any atom is 0.411 e. The zero-order valence-corrected chi connectivity index (χ0v) is 11.3. The Kier molecular flexibility index (Phi) is 4.49. The minimum absolute atomic E-state index is 0.0428. The standard InChI is InChI=1S/C9H11BrN2O4S/c1-2-16-9(13)12-8-4-3-6(5-7(8)10)17(11,14)15/h3-5H,2H2,1H3,(H,12,13)(H2,11,14,15). The van der Waals surface area contributed by atoms with Gasteiger partial charge in [0.05, 0.1) is 17.2 Å². The van der Waals surface area contributed by atoms with E-state index < -0.39 is 16.1 Å². The van der Waals surface area contributed by atoms with E-state index in [1.54, 1.807) is 6.92 Å². The lowest BCUT2D eigenvalue weighted by molar-refractivity contribution is 0.168. The van der Waals surface area contributed by atoms with E-state index >= 15 is 0 Å². The minimum atomic E-state index is -3.75. The van der Waals surface area contributed by atoms with Crippen LogP contribution in [0.4, 0.5) is 10.5 Å². The number of carbonyl (C=O) groups is 1. The molecule has 0 aliphatic carbocycles. The molecule has 0 aliphatic rings. The highest BCUT2D eigenvalue weighted by atomic mass is 79.9. The molecule has 0 spiro atoms. The van der Waals surface area contributed by atoms with Gasteiger partial charge in [-0.25, -0.2) is 18.4 Å². The molecule has 6 nitrogen and oxygen atoms in total. The summed E-state index contributed by atoms with van der Waals surface area (Å²) in [6.07, 6.45) is -0.614. The number of hydrogen-bond donors (Lipinski definition) is 2. The molecule has 94 valence electrons. The van der Waals surface area contributed by atoms with Crippen LogP contribution in [-0.2, 0) is 14.8 Å². The SMILES string of the molecule is CCOC(=O)Nc1ccc(S(N)(=O)=O)cc1Br. The Hall–Kier alpha value is -1.12. The number of benzene rings is 1. The molecule has 0 aromatic heterocycles. The third-order valence-corrected chi connectivity index (χ3v) is 3.35. The zero-order valence-electron chi connectivity index (χ0n) is 8.94. The van der Waals surface area contributed by atoms with Crippen molar-refractivity contribution in [3.05, 3.63) is 22.7 Å². The van der Waals surface area contributed by atoms with Gasteiger partial charge in [0.1, 0.15) is 0 Å². The number of halogens is 1. The predicted octanol–water partition coefficient (Wildman–Crippen LogP) is 1.66. The van der Waals surface area contributed by atoms with Crippen LogP contribution in [0.1, 0.15) is 6.92 Å². The number of anilines is 1. The molecule has 0 aliphatic heterocycles. The summed E-state index contributed by atoms with van der Waals surface area (Å²) in [7, 11) is -3.75. The summed E-state index contributed by atoms with van der Waals surface area (Å²) in [5, 5.41) is 7.41. The first-order chi connectivity index (χ1) is 7.84. The largest absolute Gasteiger partial charge is 0.450 e. The van der Waals surface area contributed by atoms with Gasteiger partial charge in [-0.15, -0.1) is 0 Å². The molecular formula is C9H11BrN2O4S. The fourth-order valence-corrected chi connectivity index (χ4v) is 2.22. The van der Waals surface area contributed by atoms with Crippen molar-refractivity contribution in [3.8, 4) is 0 Å². The number of hydrogen-bond acceptors (Lipinski definition) is 4. The summed E-state index contributed by atoms with van der Waals surface area (Å²) < 4.78 is 27.2. The normalized spacial score (nSPS) is 11.0. The van der Waals surface area contributed by atoms with Crippen LogP contribution in [-0.4, -0.2) is 21.1 Å². The van der Waals surface area contributed by atoms with Gasteiger partial charge in [-0.1, -0.05) is 0 Å². The molecule has 0 unspecified atom stereocenters. The number of sulfonamides is 1. The van der Waals surface area contributed by atoms with Gasteiger partial charge in [0, 0.05) is 4.47 Å². The average molecular weight is 323 g/mol. The topological polar surface area (TPSA) is 98.5 Å². The number of nitrogens with two attached hydrogens (primary N) is 1. The molecule has 1 rings (SSSR count). The molecule has 1 aromatic carbocycles. The van der Waals surface area contributed by atoms with Gasteiger partial charge in [-0.05, 0) is 41.1 Å². The molecule has 17 heavy (non-hydrogen) atoms. The number of nitrogens with one attached hydrogen (secondary N) is 1. The van der Waals surface area contributed by atoms with Crippen molar-refractivity contribution in [2.24, 2.45) is 5.14 Å². The Bertz CT molecular complexity index is 530. The first-order valence-electron chi connectivity index (χ1n) is 4.60. The molecule has 0 bridgehead atoms. The maximum atomic E-state index is 11.1. The van der Waals surface area contributed by atoms with Crippen LogP contribution in [0.3, 0.4) is 0 Å². The van der Waals surface area contributed by atoms with Crippen LogP contribution in [0, 0.1) is 0 Å². The number of carbonyl (C=O) groups excluding carboxylic acids is 1. The van der Waals surface area contributed by atoms with E-state index in [0.29, 0.717) is 10.2 Å². The van der Waals surface area contributed by atoms with Gasteiger partial charge >= 0.3 is 6.09 Å². The van der Waals surface area contributed by atoms with Crippen molar-refractivity contribution in [2.45, 2.75) is 11.8 Å². The van der Waals surface area contributed by atoms with Gasteiger partial charge in [0.25, 0.3) is 0 Å². The Morgan fingerprint density at radius 1 is 1.53 bits per heavy atom. The second-order valence-electron chi connectivity index (χ2n) is 3.03. The third kappa shape index (κ3) is 3.99. The fourth-order valence-electron chi connectivity index (χ4n) is 1.05. The van der Waals surface area contributed by atoms with E-state index in [1.165, 1.54) is 18.2 Å². The highest BCUT2D eigenvalue weighted by molar-refractivity contribution is 9.10. The van der Waals surface area contributed by atoms with Crippen LogP contribution in [0.25, 0.3) is 0 Å². The maximum absolute atomic E-state index is 11.1. The quantitative estimate of drug-likeness (QED) is 0.884. The smallest absolute Gasteiger partial charge is 0.411 e. The van der Waals surface area contributed by atoms with Gasteiger partial charge in [-0.2, -0.15) is 0 Å². The monoisotopic (exact) mass is 322 g/mol. The molecule has 0 radical (unpaired) electrons. The average Bonchev–Trinajstić information content (AvgIpc) is 2.20. The Morgan fingerprint density at radius 2 is 2.18 bits per heavy atom. The molecular weight excluding hydrogens is 312 g/mol. The van der Waals surface area contributed by atoms with Crippen LogP contribution in [0.2, 0.25) is 0 Å². The lowest BCUT2D eigenvalue weighted by atomic mass is 10.3. The van der Waals surface area contributed by atoms with Crippen molar-refractivity contribution in [1.82, 2.24) is 0 Å². The van der Waals surface area contributed by atoms with Crippen LogP contribution >= 0.6 is 15.9 Å². The van der Waals surface area contributed by atoms with Crippen LogP contribution in [0.15, 0.2) is 27.6 Å². The highest BCUT2D eigenvalue weighted by Crippen LogP contribution is 2.25. The Morgan fingerprint density at radius 3 is 2.65 bits per heavy atom. The third-order valence-electron chi connectivity index (χ3n) is 1.78. The first kappa shape index (κ1) is 13.9. The van der Waals surface area contributed by atoms with Crippen molar-refractivity contribution < 1.29 is 17.9 Å². The second-order valence-corrected chi connectivity index (χ2v) is 5.45. The van der Waals surface area contributed by atoms with E-state index in [1.807, 2.05) is 0 Å². The van der Waals surface area contributed by atoms with E-state index in [2.05, 4.69) is 26.0 Å². The first-order valence-corrected chi connectivity index (χ1v) is 6.94. The fraction of sp³-hybridized carbons (Fsp3) is 0.222. The number of rotatable bonds is 3. The summed E-state index contributed by atoms with van der Waals surface area (Å²) in [6.45, 7) is 1.93. The molecule has 0 heterocycles. The minimum Gasteiger partial charge on any atom is -0.450 e. The summed E-state index contributed by atoms with van der Waals surface area (Å²) >= 11 is 3.13. The van der Waals surface area contributed by atoms with Gasteiger partial charge < -0.3 is 4.74 Å². The second kappa shape index (κ2) is 5.48. The molecule has 1 aromatic rings. The van der Waals surface area contributed by atoms with Crippen molar-refractivity contribution >= 4 is 37.7 Å². The molecule has 3 N–H and O–H groups in total. The van der Waals surface area contributed by atoms with Gasteiger partial charge in [-0.3, -0.25) is 5.32 Å². The molecule has 1 amide bonds. The van der Waals surface area contributed by atoms with Gasteiger partial charge in [0.15, 0.2) is 0 Å². The molecule has 0 atom stereocenters. The lowest BCUT2D eigenvalue weighted by Crippen LogP contribution is -2.15. The summed E-state index contributed by atoms with van der Waals surface area (Å²) in [5.74, 6) is 0. The van der Waals surface area contributed by atoms with E-state index in [4.69, 9.17) is 5.14 Å². The van der Waals surface area contributed by atoms with E-state index in [-0.39, 0.29) is 11.5 Å². The zero-order chi connectivity index (χ0) is 13.1. The summed E-state index contributed by atoms with van der Waals surface area (Å²) in [4.78, 5) is 11.1. The molecule has 8 heteroatoms. The lowest BCUT2D eigenvalue weighted by Gasteiger charge is -2.08. The number of amides is 1. The highest BCUT2D eigenvalue weighted by Gasteiger charge is 2.11. The van der Waals surface area contributed by atoms with Crippen LogP contribution < -0.4 is 10.5 Å². The summed E-state index contributed by atoms with van der Waals surface area (Å²) in [5.41, 5.74) is 0.399. The van der Waals surface area contributed by atoms with Crippen molar-refractivity contribution in [1.29, 1.82) is 0 Å². The van der Waals surface area contributed by atoms with Gasteiger partial charge in [0.2, 0.25) is 10.0 Å². The van der Waals surface area contributed by atoms with Crippen molar-refractivity contribution in [2.75, 3.05) is 11.9 Å². The Balaban J connectivity index is 2.95. The van der Waals surface area contributed by atoms with E-state index in [0.717, 1.165) is 0 Å². The summed E-state index contributed by atoms with van der Waals surface area (Å²) in [6, 6.07) is 4.01.